The first kappa shape index (κ1) is 9.86. The Kier molecular flexibility index (Phi) is 3.88. The molecule has 0 aliphatic carbocycles. The molecular formula is C8H15NO2S. The Morgan fingerprint density at radius 1 is 1.75 bits per heavy atom. The van der Waals surface area contributed by atoms with Crippen molar-refractivity contribution in [2.45, 2.75) is 18.9 Å². The van der Waals surface area contributed by atoms with Crippen molar-refractivity contribution in [1.29, 1.82) is 0 Å². The summed E-state index contributed by atoms with van der Waals surface area (Å²) >= 11 is 1.68. The number of amides is 1. The van der Waals surface area contributed by atoms with E-state index in [2.05, 4.69) is 0 Å². The highest BCUT2D eigenvalue weighted by molar-refractivity contribution is 7.98. The highest BCUT2D eigenvalue weighted by Crippen LogP contribution is 2.10. The molecule has 0 bridgehead atoms. The molecule has 1 amide bonds. The third kappa shape index (κ3) is 2.68. The van der Waals surface area contributed by atoms with Crippen LogP contribution < -0.4 is 0 Å². The Labute approximate surface area is 77.1 Å². The number of aliphatic hydroxyl groups excluding tert-OH is 1. The molecule has 1 aliphatic heterocycles. The predicted octanol–water partition coefficient (Wildman–Crippen LogP) is 0.333. The van der Waals surface area contributed by atoms with Crippen molar-refractivity contribution < 1.29 is 9.90 Å². The van der Waals surface area contributed by atoms with E-state index in [-0.39, 0.29) is 12.0 Å². The van der Waals surface area contributed by atoms with E-state index < -0.39 is 0 Å². The van der Waals surface area contributed by atoms with Gasteiger partial charge in [0, 0.05) is 25.3 Å². The second-order valence-electron chi connectivity index (χ2n) is 3.03. The maximum atomic E-state index is 11.4. The fourth-order valence-corrected chi connectivity index (χ4v) is 1.69. The number of rotatable bonds is 3. The molecule has 1 rings (SSSR count). The average Bonchev–Trinajstić information content (AvgIpc) is 2.47. The quantitative estimate of drug-likeness (QED) is 0.695. The monoisotopic (exact) mass is 189 g/mol. The Morgan fingerprint density at radius 2 is 2.50 bits per heavy atom. The number of hydrogen-bond acceptors (Lipinski definition) is 3. The normalized spacial score (nSPS) is 23.2. The Balaban J connectivity index is 2.23. The Hall–Kier alpha value is -0.220. The zero-order valence-corrected chi connectivity index (χ0v) is 8.14. The van der Waals surface area contributed by atoms with Crippen molar-refractivity contribution in [2.75, 3.05) is 25.1 Å². The van der Waals surface area contributed by atoms with Gasteiger partial charge in [-0.2, -0.15) is 11.8 Å². The van der Waals surface area contributed by atoms with Gasteiger partial charge >= 0.3 is 0 Å². The van der Waals surface area contributed by atoms with Gasteiger partial charge in [0.1, 0.15) is 0 Å². The number of β-amino-alcohol motifs (C(OH)–C–C–N with tert-alkyl or cyclic N) is 1. The number of aliphatic hydroxyl groups is 1. The van der Waals surface area contributed by atoms with Gasteiger partial charge in [0.2, 0.25) is 5.91 Å². The third-order valence-electron chi connectivity index (χ3n) is 2.04. The molecule has 0 spiro atoms. The van der Waals surface area contributed by atoms with Gasteiger partial charge in [0.25, 0.3) is 0 Å². The Morgan fingerprint density at radius 3 is 3.00 bits per heavy atom. The number of nitrogens with zero attached hydrogens (tertiary/aromatic N) is 1. The number of thioether (sulfide) groups is 1. The topological polar surface area (TPSA) is 40.5 Å². The van der Waals surface area contributed by atoms with Crippen molar-refractivity contribution in [3.05, 3.63) is 0 Å². The largest absolute Gasteiger partial charge is 0.391 e. The van der Waals surface area contributed by atoms with Crippen molar-refractivity contribution in [1.82, 2.24) is 4.90 Å². The predicted molar refractivity (Wildman–Crippen MR) is 50.2 cm³/mol. The summed E-state index contributed by atoms with van der Waals surface area (Å²) in [5.41, 5.74) is 0. The number of likely N-dealkylation sites (tertiary alicyclic amines) is 1. The molecule has 1 N–H and O–H groups in total. The van der Waals surface area contributed by atoms with Crippen LogP contribution >= 0.6 is 11.8 Å². The van der Waals surface area contributed by atoms with Crippen LogP contribution in [0.1, 0.15) is 12.8 Å². The number of carbonyl (C=O) groups is 1. The lowest BCUT2D eigenvalue weighted by atomic mass is 10.3. The molecule has 1 fully saturated rings. The van der Waals surface area contributed by atoms with Crippen molar-refractivity contribution >= 4 is 17.7 Å². The van der Waals surface area contributed by atoms with E-state index in [0.717, 1.165) is 18.7 Å². The molecule has 0 aromatic carbocycles. The fraction of sp³-hybridized carbons (Fsp3) is 0.875. The van der Waals surface area contributed by atoms with E-state index in [1.165, 1.54) is 0 Å². The fourth-order valence-electron chi connectivity index (χ4n) is 1.32. The van der Waals surface area contributed by atoms with Gasteiger partial charge in [-0.25, -0.2) is 0 Å². The summed E-state index contributed by atoms with van der Waals surface area (Å²) in [7, 11) is 0. The minimum absolute atomic E-state index is 0.181. The van der Waals surface area contributed by atoms with Crippen LogP contribution in [-0.2, 0) is 4.79 Å². The molecule has 4 heteroatoms. The lowest BCUT2D eigenvalue weighted by Crippen LogP contribution is -2.29. The molecule has 70 valence electrons. The van der Waals surface area contributed by atoms with Gasteiger partial charge in [0.15, 0.2) is 0 Å². The van der Waals surface area contributed by atoms with Crippen molar-refractivity contribution in [2.24, 2.45) is 0 Å². The second-order valence-corrected chi connectivity index (χ2v) is 4.01. The zero-order chi connectivity index (χ0) is 8.97. The van der Waals surface area contributed by atoms with Crippen LogP contribution in [0.15, 0.2) is 0 Å². The molecule has 3 nitrogen and oxygen atoms in total. The number of carbonyl (C=O) groups excluding carboxylic acids is 1. The second kappa shape index (κ2) is 4.72. The van der Waals surface area contributed by atoms with Gasteiger partial charge < -0.3 is 10.0 Å². The van der Waals surface area contributed by atoms with E-state index in [1.54, 1.807) is 16.7 Å². The molecular weight excluding hydrogens is 174 g/mol. The smallest absolute Gasteiger partial charge is 0.223 e. The van der Waals surface area contributed by atoms with E-state index in [4.69, 9.17) is 0 Å². The van der Waals surface area contributed by atoms with Crippen molar-refractivity contribution in [3.63, 3.8) is 0 Å². The maximum Gasteiger partial charge on any atom is 0.223 e. The van der Waals surface area contributed by atoms with Crippen molar-refractivity contribution in [3.8, 4) is 0 Å². The lowest BCUT2D eigenvalue weighted by Gasteiger charge is -2.14. The molecule has 0 saturated carbocycles. The average molecular weight is 189 g/mol. The van der Waals surface area contributed by atoms with Crippen LogP contribution in [0.5, 0.6) is 0 Å². The summed E-state index contributed by atoms with van der Waals surface area (Å²) in [5.74, 6) is 1.06. The van der Waals surface area contributed by atoms with Gasteiger partial charge in [-0.15, -0.1) is 0 Å². The standard InChI is InChI=1S/C8H15NO2S/c1-12-5-3-8(11)9-4-2-7(10)6-9/h7,10H,2-6H2,1H3/t7-/m1/s1. The maximum absolute atomic E-state index is 11.4. The molecule has 0 unspecified atom stereocenters. The van der Waals surface area contributed by atoms with Crippen LogP contribution in [0.4, 0.5) is 0 Å². The van der Waals surface area contributed by atoms with E-state index in [0.29, 0.717) is 13.0 Å². The van der Waals surface area contributed by atoms with E-state index in [9.17, 15) is 9.90 Å². The molecule has 0 radical (unpaired) electrons. The zero-order valence-electron chi connectivity index (χ0n) is 7.32. The summed E-state index contributed by atoms with van der Waals surface area (Å²) in [6, 6.07) is 0. The highest BCUT2D eigenvalue weighted by Gasteiger charge is 2.23. The highest BCUT2D eigenvalue weighted by atomic mass is 32.2. The van der Waals surface area contributed by atoms with E-state index in [1.807, 2.05) is 6.26 Å². The SMILES string of the molecule is CSCCC(=O)N1CC[C@@H](O)C1. The van der Waals surface area contributed by atoms with Crippen LogP contribution in [-0.4, -0.2) is 47.1 Å². The summed E-state index contributed by atoms with van der Waals surface area (Å²) in [4.78, 5) is 13.1. The first-order valence-electron chi connectivity index (χ1n) is 4.19. The van der Waals surface area contributed by atoms with Gasteiger partial charge in [-0.3, -0.25) is 4.79 Å². The van der Waals surface area contributed by atoms with Gasteiger partial charge in [0.05, 0.1) is 6.10 Å². The summed E-state index contributed by atoms with van der Waals surface area (Å²) in [6.07, 6.45) is 3.05. The van der Waals surface area contributed by atoms with Crippen LogP contribution in [0.25, 0.3) is 0 Å². The molecule has 0 aromatic heterocycles. The van der Waals surface area contributed by atoms with Crippen LogP contribution in [0, 0.1) is 0 Å². The molecule has 1 atom stereocenters. The first-order valence-corrected chi connectivity index (χ1v) is 5.58. The first-order chi connectivity index (χ1) is 5.74. The lowest BCUT2D eigenvalue weighted by molar-refractivity contribution is -0.130. The summed E-state index contributed by atoms with van der Waals surface area (Å²) in [6.45, 7) is 1.27. The summed E-state index contributed by atoms with van der Waals surface area (Å²) < 4.78 is 0. The van der Waals surface area contributed by atoms with Gasteiger partial charge in [-0.05, 0) is 12.7 Å². The molecule has 1 saturated heterocycles. The minimum atomic E-state index is -0.289. The summed E-state index contributed by atoms with van der Waals surface area (Å²) in [5, 5.41) is 9.17. The number of hydrogen-bond donors (Lipinski definition) is 1. The molecule has 1 aliphatic rings. The van der Waals surface area contributed by atoms with Crippen LogP contribution in [0.2, 0.25) is 0 Å². The molecule has 12 heavy (non-hydrogen) atoms. The molecule has 1 heterocycles. The van der Waals surface area contributed by atoms with Crippen LogP contribution in [0.3, 0.4) is 0 Å². The van der Waals surface area contributed by atoms with E-state index >= 15 is 0 Å². The molecule has 0 aromatic rings. The third-order valence-corrected chi connectivity index (χ3v) is 2.65. The Bertz CT molecular complexity index is 163. The minimum Gasteiger partial charge on any atom is -0.391 e. The van der Waals surface area contributed by atoms with Gasteiger partial charge in [-0.1, -0.05) is 0 Å².